The molecular weight excluding hydrogens is 330 g/mol. The van der Waals surface area contributed by atoms with Crippen LogP contribution in [-0.4, -0.2) is 86.7 Å². The highest BCUT2D eigenvalue weighted by molar-refractivity contribution is 5.84. The summed E-state index contributed by atoms with van der Waals surface area (Å²) in [5.41, 5.74) is 0. The first-order chi connectivity index (χ1) is 12.3. The van der Waals surface area contributed by atoms with E-state index in [1.165, 1.54) is 6.42 Å². The monoisotopic (exact) mass is 369 g/mol. The summed E-state index contributed by atoms with van der Waals surface area (Å²) in [5, 5.41) is 6.71. The van der Waals surface area contributed by atoms with Crippen molar-refractivity contribution in [3.05, 3.63) is 0 Å². The molecule has 1 aliphatic heterocycles. The molecule has 1 heterocycles. The number of carbonyl (C=O) groups excluding carboxylic acids is 1. The number of likely N-dealkylation sites (N-methyl/N-ethyl adjacent to an activating group) is 1. The van der Waals surface area contributed by atoms with E-state index in [1.54, 1.807) is 19.0 Å². The Bertz CT molecular complexity index is 424. The predicted octanol–water partition coefficient (Wildman–Crippen LogP) is 1.30. The van der Waals surface area contributed by atoms with Crippen LogP contribution in [0.3, 0.4) is 0 Å². The third kappa shape index (κ3) is 8.85. The minimum atomic E-state index is -0.00833. The molecule has 26 heavy (non-hydrogen) atoms. The molecule has 0 aliphatic carbocycles. The molecular formula is C19H39N5O2. The van der Waals surface area contributed by atoms with Crippen molar-refractivity contribution in [3.63, 3.8) is 0 Å². The molecule has 0 spiro atoms. The van der Waals surface area contributed by atoms with Gasteiger partial charge in [-0.05, 0) is 47.0 Å². The van der Waals surface area contributed by atoms with Crippen LogP contribution in [0, 0.1) is 0 Å². The van der Waals surface area contributed by atoms with Gasteiger partial charge in [-0.25, -0.2) is 4.99 Å². The Kier molecular flexibility index (Phi) is 10.6. The van der Waals surface area contributed by atoms with Crippen LogP contribution in [0.4, 0.5) is 0 Å². The largest absolute Gasteiger partial charge is 0.376 e. The van der Waals surface area contributed by atoms with E-state index >= 15 is 0 Å². The van der Waals surface area contributed by atoms with Gasteiger partial charge in [-0.2, -0.15) is 0 Å². The number of carbonyl (C=O) groups is 1. The minimum Gasteiger partial charge on any atom is -0.376 e. The van der Waals surface area contributed by atoms with Crippen molar-refractivity contribution in [3.8, 4) is 0 Å². The van der Waals surface area contributed by atoms with Gasteiger partial charge in [0.05, 0.1) is 6.10 Å². The molecule has 1 amide bonds. The lowest BCUT2D eigenvalue weighted by Crippen LogP contribution is -2.47. The van der Waals surface area contributed by atoms with Crippen LogP contribution in [0.15, 0.2) is 4.99 Å². The van der Waals surface area contributed by atoms with Crippen molar-refractivity contribution in [2.24, 2.45) is 4.99 Å². The van der Waals surface area contributed by atoms with E-state index in [-0.39, 0.29) is 18.6 Å². The van der Waals surface area contributed by atoms with Crippen LogP contribution in [0.2, 0.25) is 0 Å². The lowest BCUT2D eigenvalue weighted by atomic mass is 10.1. The second-order valence-corrected chi connectivity index (χ2v) is 7.67. The third-order valence-corrected chi connectivity index (χ3v) is 4.63. The molecule has 7 heteroatoms. The first-order valence-corrected chi connectivity index (χ1v) is 9.91. The number of hydrogen-bond acceptors (Lipinski definition) is 4. The number of amides is 1. The van der Waals surface area contributed by atoms with Gasteiger partial charge in [-0.15, -0.1) is 0 Å². The molecule has 152 valence electrons. The summed E-state index contributed by atoms with van der Waals surface area (Å²) in [6, 6.07) is 0.993. The van der Waals surface area contributed by atoms with E-state index in [9.17, 15) is 4.79 Å². The highest BCUT2D eigenvalue weighted by Crippen LogP contribution is 2.11. The third-order valence-electron chi connectivity index (χ3n) is 4.63. The summed E-state index contributed by atoms with van der Waals surface area (Å²) in [4.78, 5) is 20.3. The summed E-state index contributed by atoms with van der Waals surface area (Å²) < 4.78 is 5.77. The van der Waals surface area contributed by atoms with Crippen molar-refractivity contribution in [2.45, 2.75) is 65.1 Å². The fourth-order valence-corrected chi connectivity index (χ4v) is 3.06. The van der Waals surface area contributed by atoms with Gasteiger partial charge in [0.2, 0.25) is 5.91 Å². The fourth-order valence-electron chi connectivity index (χ4n) is 3.06. The van der Waals surface area contributed by atoms with Crippen molar-refractivity contribution < 1.29 is 9.53 Å². The van der Waals surface area contributed by atoms with Gasteiger partial charge >= 0.3 is 0 Å². The lowest BCUT2D eigenvalue weighted by Gasteiger charge is -2.30. The molecule has 0 saturated carbocycles. The van der Waals surface area contributed by atoms with Gasteiger partial charge < -0.3 is 20.3 Å². The SMILES string of the molecule is CC(C)N(CCNC(=NCC(=O)N(C)C)NCC1CCCCO1)C(C)C. The number of hydrogen-bond donors (Lipinski definition) is 2. The molecule has 0 radical (unpaired) electrons. The topological polar surface area (TPSA) is 69.2 Å². The van der Waals surface area contributed by atoms with Crippen LogP contribution in [0.5, 0.6) is 0 Å². The minimum absolute atomic E-state index is 0.00833. The number of ether oxygens (including phenoxy) is 1. The van der Waals surface area contributed by atoms with Crippen molar-refractivity contribution in [2.75, 3.05) is 46.9 Å². The first-order valence-electron chi connectivity index (χ1n) is 9.91. The quantitative estimate of drug-likeness (QED) is 0.474. The molecule has 1 unspecified atom stereocenters. The lowest BCUT2D eigenvalue weighted by molar-refractivity contribution is -0.127. The molecule has 1 atom stereocenters. The van der Waals surface area contributed by atoms with E-state index in [0.29, 0.717) is 18.0 Å². The Hall–Kier alpha value is -1.34. The zero-order valence-electron chi connectivity index (χ0n) is 17.5. The Labute approximate surface area is 159 Å². The summed E-state index contributed by atoms with van der Waals surface area (Å²) in [5.74, 6) is 0.674. The van der Waals surface area contributed by atoms with E-state index in [2.05, 4.69) is 48.2 Å². The highest BCUT2D eigenvalue weighted by atomic mass is 16.5. The predicted molar refractivity (Wildman–Crippen MR) is 108 cm³/mol. The standard InChI is InChI=1S/C19H39N5O2/c1-15(2)24(16(3)4)11-10-20-19(22-14-18(25)23(5)6)21-13-17-9-7-8-12-26-17/h15-17H,7-14H2,1-6H3,(H2,20,21,22). The van der Waals surface area contributed by atoms with Crippen molar-refractivity contribution >= 4 is 11.9 Å². The molecule has 0 aromatic carbocycles. The summed E-state index contributed by atoms with van der Waals surface area (Å²) >= 11 is 0. The summed E-state index contributed by atoms with van der Waals surface area (Å²) in [6.07, 6.45) is 3.66. The van der Waals surface area contributed by atoms with Gasteiger partial charge in [0.1, 0.15) is 6.54 Å². The fraction of sp³-hybridized carbons (Fsp3) is 0.895. The molecule has 2 N–H and O–H groups in total. The average molecular weight is 370 g/mol. The number of nitrogens with one attached hydrogen (secondary N) is 2. The summed E-state index contributed by atoms with van der Waals surface area (Å²) in [6.45, 7) is 12.3. The molecule has 0 aromatic rings. The van der Waals surface area contributed by atoms with E-state index in [4.69, 9.17) is 4.74 Å². The van der Waals surface area contributed by atoms with Gasteiger partial charge in [0.15, 0.2) is 5.96 Å². The number of guanidine groups is 1. The zero-order chi connectivity index (χ0) is 19.5. The van der Waals surface area contributed by atoms with Crippen LogP contribution in [0.25, 0.3) is 0 Å². The van der Waals surface area contributed by atoms with E-state index in [0.717, 1.165) is 39.1 Å². The molecule has 1 saturated heterocycles. The van der Waals surface area contributed by atoms with Crippen molar-refractivity contribution in [1.29, 1.82) is 0 Å². The Morgan fingerprint density at radius 2 is 1.85 bits per heavy atom. The smallest absolute Gasteiger partial charge is 0.243 e. The molecule has 1 rings (SSSR count). The van der Waals surface area contributed by atoms with Gasteiger partial charge in [0, 0.05) is 52.4 Å². The van der Waals surface area contributed by atoms with Crippen LogP contribution >= 0.6 is 0 Å². The number of rotatable bonds is 9. The zero-order valence-corrected chi connectivity index (χ0v) is 17.5. The number of aliphatic imine (C=N–C) groups is 1. The van der Waals surface area contributed by atoms with Gasteiger partial charge in [0.25, 0.3) is 0 Å². The van der Waals surface area contributed by atoms with E-state index < -0.39 is 0 Å². The number of nitrogens with zero attached hydrogens (tertiary/aromatic N) is 3. The Morgan fingerprint density at radius 3 is 2.38 bits per heavy atom. The van der Waals surface area contributed by atoms with Crippen LogP contribution in [-0.2, 0) is 9.53 Å². The first kappa shape index (κ1) is 22.7. The van der Waals surface area contributed by atoms with Crippen molar-refractivity contribution in [1.82, 2.24) is 20.4 Å². The highest BCUT2D eigenvalue weighted by Gasteiger charge is 2.16. The van der Waals surface area contributed by atoms with Crippen LogP contribution < -0.4 is 10.6 Å². The summed E-state index contributed by atoms with van der Waals surface area (Å²) in [7, 11) is 3.49. The molecule has 0 bridgehead atoms. The molecule has 1 fully saturated rings. The maximum atomic E-state index is 11.8. The maximum absolute atomic E-state index is 11.8. The Morgan fingerprint density at radius 1 is 1.15 bits per heavy atom. The second-order valence-electron chi connectivity index (χ2n) is 7.67. The molecule has 0 aromatic heterocycles. The molecule has 1 aliphatic rings. The maximum Gasteiger partial charge on any atom is 0.243 e. The van der Waals surface area contributed by atoms with Gasteiger partial charge in [-0.3, -0.25) is 9.69 Å². The van der Waals surface area contributed by atoms with Gasteiger partial charge in [-0.1, -0.05) is 0 Å². The van der Waals surface area contributed by atoms with E-state index in [1.807, 2.05) is 0 Å². The second kappa shape index (κ2) is 12.1. The Balaban J connectivity index is 2.55. The van der Waals surface area contributed by atoms with Crippen LogP contribution in [0.1, 0.15) is 47.0 Å². The normalized spacial score (nSPS) is 18.5. The molecule has 7 nitrogen and oxygen atoms in total. The average Bonchev–Trinajstić information content (AvgIpc) is 2.59.